The third-order valence-corrected chi connectivity index (χ3v) is 4.78. The van der Waals surface area contributed by atoms with Crippen molar-refractivity contribution in [2.45, 2.75) is 39.2 Å². The molecule has 1 amide bonds. The summed E-state index contributed by atoms with van der Waals surface area (Å²) in [7, 11) is 1.89. The first-order chi connectivity index (χ1) is 13.2. The average Bonchev–Trinajstić information content (AvgIpc) is 3.07. The van der Waals surface area contributed by atoms with Gasteiger partial charge in [0.1, 0.15) is 6.33 Å². The molecule has 0 aliphatic heterocycles. The van der Waals surface area contributed by atoms with Gasteiger partial charge in [-0.15, -0.1) is 10.2 Å². The van der Waals surface area contributed by atoms with Crippen LogP contribution in [0.5, 0.6) is 0 Å². The van der Waals surface area contributed by atoms with E-state index in [1.54, 1.807) is 20.2 Å². The molecule has 6 nitrogen and oxygen atoms in total. The van der Waals surface area contributed by atoms with Gasteiger partial charge in [0, 0.05) is 23.9 Å². The molecule has 2 aromatic carbocycles. The van der Waals surface area contributed by atoms with E-state index in [0.29, 0.717) is 12.0 Å². The van der Waals surface area contributed by atoms with Gasteiger partial charge in [-0.2, -0.15) is 0 Å². The van der Waals surface area contributed by atoms with Crippen LogP contribution in [-0.2, 0) is 13.5 Å². The number of carbonyl (C=O) groups is 1. The van der Waals surface area contributed by atoms with Gasteiger partial charge in [-0.1, -0.05) is 24.3 Å². The molecule has 6 heteroatoms. The fourth-order valence-corrected chi connectivity index (χ4v) is 3.01. The summed E-state index contributed by atoms with van der Waals surface area (Å²) in [6.07, 6.45) is 3.09. The standard InChI is InChI=1S/C22H26N4O2/c1-15-18(20-25-23-14-26(20)4)6-5-7-19(15)24-21(27)17-10-8-16(9-11-17)12-13-22(2,3)28/h5-11,14,28H,12-13H2,1-4H3,(H,24,27). The highest BCUT2D eigenvalue weighted by Crippen LogP contribution is 2.27. The minimum Gasteiger partial charge on any atom is -0.390 e. The minimum atomic E-state index is -0.693. The maximum atomic E-state index is 12.7. The quantitative estimate of drug-likeness (QED) is 0.685. The number of aryl methyl sites for hydroxylation is 2. The van der Waals surface area contributed by atoms with Crippen LogP contribution in [0.25, 0.3) is 11.4 Å². The largest absolute Gasteiger partial charge is 0.390 e. The average molecular weight is 378 g/mol. The predicted octanol–water partition coefficient (Wildman–Crippen LogP) is 3.75. The first-order valence-corrected chi connectivity index (χ1v) is 9.31. The van der Waals surface area contributed by atoms with Crippen LogP contribution < -0.4 is 5.32 Å². The van der Waals surface area contributed by atoms with Crippen molar-refractivity contribution in [3.05, 3.63) is 65.5 Å². The van der Waals surface area contributed by atoms with Gasteiger partial charge >= 0.3 is 0 Å². The van der Waals surface area contributed by atoms with Gasteiger partial charge in [-0.05, 0) is 62.9 Å². The lowest BCUT2D eigenvalue weighted by molar-refractivity contribution is 0.0714. The molecule has 0 radical (unpaired) electrons. The van der Waals surface area contributed by atoms with E-state index in [0.717, 1.165) is 34.6 Å². The molecule has 0 spiro atoms. The summed E-state index contributed by atoms with van der Waals surface area (Å²) in [6.45, 7) is 5.55. The summed E-state index contributed by atoms with van der Waals surface area (Å²) >= 11 is 0. The topological polar surface area (TPSA) is 80.0 Å². The summed E-state index contributed by atoms with van der Waals surface area (Å²) < 4.78 is 1.85. The second kappa shape index (κ2) is 7.94. The van der Waals surface area contributed by atoms with Gasteiger partial charge in [0.25, 0.3) is 5.91 Å². The first kappa shape index (κ1) is 19.8. The van der Waals surface area contributed by atoms with Crippen LogP contribution >= 0.6 is 0 Å². The van der Waals surface area contributed by atoms with Crippen molar-refractivity contribution in [2.24, 2.45) is 7.05 Å². The summed E-state index contributed by atoms with van der Waals surface area (Å²) in [5.74, 6) is 0.594. The Morgan fingerprint density at radius 2 is 1.89 bits per heavy atom. The van der Waals surface area contributed by atoms with Crippen LogP contribution in [0, 0.1) is 6.92 Å². The van der Waals surface area contributed by atoms with Crippen molar-refractivity contribution in [1.29, 1.82) is 0 Å². The number of amides is 1. The molecule has 3 rings (SSSR count). The van der Waals surface area contributed by atoms with Crippen LogP contribution in [0.2, 0.25) is 0 Å². The van der Waals surface area contributed by atoms with Crippen LogP contribution in [0.4, 0.5) is 5.69 Å². The summed E-state index contributed by atoms with van der Waals surface area (Å²) in [5, 5.41) is 20.9. The van der Waals surface area contributed by atoms with E-state index >= 15 is 0 Å². The molecule has 0 atom stereocenters. The zero-order valence-electron chi connectivity index (χ0n) is 16.7. The maximum absolute atomic E-state index is 12.7. The Hall–Kier alpha value is -2.99. The zero-order valence-corrected chi connectivity index (χ0v) is 16.7. The molecule has 0 aliphatic carbocycles. The van der Waals surface area contributed by atoms with E-state index in [9.17, 15) is 9.90 Å². The van der Waals surface area contributed by atoms with E-state index in [-0.39, 0.29) is 5.91 Å². The molecule has 1 heterocycles. The fourth-order valence-electron chi connectivity index (χ4n) is 3.01. The lowest BCUT2D eigenvalue weighted by Crippen LogP contribution is -2.19. The first-order valence-electron chi connectivity index (χ1n) is 9.31. The maximum Gasteiger partial charge on any atom is 0.255 e. The van der Waals surface area contributed by atoms with E-state index in [1.807, 2.05) is 61.0 Å². The van der Waals surface area contributed by atoms with Gasteiger partial charge in [-0.3, -0.25) is 4.79 Å². The second-order valence-electron chi connectivity index (χ2n) is 7.71. The van der Waals surface area contributed by atoms with E-state index in [2.05, 4.69) is 15.5 Å². The van der Waals surface area contributed by atoms with Crippen LogP contribution in [0.15, 0.2) is 48.8 Å². The lowest BCUT2D eigenvalue weighted by Gasteiger charge is -2.16. The van der Waals surface area contributed by atoms with Crippen LogP contribution in [0.1, 0.15) is 41.8 Å². The number of aromatic nitrogens is 3. The Morgan fingerprint density at radius 3 is 2.50 bits per heavy atom. The second-order valence-corrected chi connectivity index (χ2v) is 7.71. The Balaban J connectivity index is 1.74. The molecule has 0 saturated heterocycles. The number of anilines is 1. The number of nitrogens with one attached hydrogen (secondary N) is 1. The molecule has 0 saturated carbocycles. The van der Waals surface area contributed by atoms with Crippen molar-refractivity contribution in [2.75, 3.05) is 5.32 Å². The van der Waals surface area contributed by atoms with Crippen molar-refractivity contribution >= 4 is 11.6 Å². The zero-order chi connectivity index (χ0) is 20.3. The number of hydrogen-bond donors (Lipinski definition) is 2. The number of hydrogen-bond acceptors (Lipinski definition) is 4. The molecular formula is C22H26N4O2. The molecule has 146 valence electrons. The van der Waals surface area contributed by atoms with Gasteiger partial charge in [0.05, 0.1) is 5.60 Å². The molecule has 1 aromatic heterocycles. The van der Waals surface area contributed by atoms with Gasteiger partial charge < -0.3 is 15.0 Å². The number of rotatable bonds is 6. The fraction of sp³-hybridized carbons (Fsp3) is 0.318. The van der Waals surface area contributed by atoms with Gasteiger partial charge in [0.2, 0.25) is 0 Å². The molecule has 0 unspecified atom stereocenters. The molecule has 28 heavy (non-hydrogen) atoms. The Labute approximate surface area is 165 Å². The molecule has 3 aromatic rings. The number of nitrogens with zero attached hydrogens (tertiary/aromatic N) is 3. The SMILES string of the molecule is Cc1c(NC(=O)c2ccc(CCC(C)(C)O)cc2)cccc1-c1nncn1C. The monoisotopic (exact) mass is 378 g/mol. The summed E-state index contributed by atoms with van der Waals surface area (Å²) in [6, 6.07) is 13.2. The predicted molar refractivity (Wildman–Crippen MR) is 110 cm³/mol. The van der Waals surface area contributed by atoms with Crippen molar-refractivity contribution in [1.82, 2.24) is 14.8 Å². The third kappa shape index (κ3) is 4.64. The van der Waals surface area contributed by atoms with Crippen molar-refractivity contribution < 1.29 is 9.90 Å². The highest BCUT2D eigenvalue weighted by Gasteiger charge is 2.14. The van der Waals surface area contributed by atoms with E-state index in [1.165, 1.54) is 0 Å². The highest BCUT2D eigenvalue weighted by atomic mass is 16.3. The van der Waals surface area contributed by atoms with E-state index < -0.39 is 5.60 Å². The molecule has 0 fully saturated rings. The molecular weight excluding hydrogens is 352 g/mol. The van der Waals surface area contributed by atoms with E-state index in [4.69, 9.17) is 0 Å². The van der Waals surface area contributed by atoms with Crippen molar-refractivity contribution in [3.63, 3.8) is 0 Å². The Kier molecular flexibility index (Phi) is 5.61. The smallest absolute Gasteiger partial charge is 0.255 e. The van der Waals surface area contributed by atoms with Crippen LogP contribution in [0.3, 0.4) is 0 Å². The summed E-state index contributed by atoms with van der Waals surface area (Å²) in [4.78, 5) is 12.7. The molecule has 2 N–H and O–H groups in total. The molecule has 0 aliphatic rings. The minimum absolute atomic E-state index is 0.160. The highest BCUT2D eigenvalue weighted by molar-refractivity contribution is 6.05. The van der Waals surface area contributed by atoms with Crippen molar-refractivity contribution in [3.8, 4) is 11.4 Å². The third-order valence-electron chi connectivity index (χ3n) is 4.78. The van der Waals surface area contributed by atoms with Crippen LogP contribution in [-0.4, -0.2) is 31.4 Å². The Bertz CT molecular complexity index is 969. The number of carbonyl (C=O) groups excluding carboxylic acids is 1. The van der Waals surface area contributed by atoms with Gasteiger partial charge in [0.15, 0.2) is 5.82 Å². The number of benzene rings is 2. The number of aliphatic hydroxyl groups is 1. The molecule has 0 bridgehead atoms. The Morgan fingerprint density at radius 1 is 1.18 bits per heavy atom. The normalized spacial score (nSPS) is 11.5. The van der Waals surface area contributed by atoms with Gasteiger partial charge in [-0.25, -0.2) is 0 Å². The lowest BCUT2D eigenvalue weighted by atomic mass is 9.98. The summed E-state index contributed by atoms with van der Waals surface area (Å²) in [5.41, 5.74) is 3.61.